The molecule has 312 valence electrons. The number of hydrogen-bond acceptors (Lipinski definition) is 2. The second-order valence-corrected chi connectivity index (χ2v) is 18.4. The van der Waals surface area contributed by atoms with Gasteiger partial charge in [0, 0.05) is 45.2 Å². The van der Waals surface area contributed by atoms with Crippen LogP contribution in [0.15, 0.2) is 237 Å². The van der Waals surface area contributed by atoms with Gasteiger partial charge < -0.3 is 9.80 Å². The summed E-state index contributed by atoms with van der Waals surface area (Å²) < 4.78 is 0. The third-order valence-corrected chi connectivity index (χ3v) is 14.5. The van der Waals surface area contributed by atoms with E-state index < -0.39 is 0 Å². The molecule has 11 aromatic rings. The van der Waals surface area contributed by atoms with Crippen LogP contribution in [0, 0.1) is 0 Å². The molecule has 0 radical (unpaired) electrons. The van der Waals surface area contributed by atoms with Gasteiger partial charge >= 0.3 is 0 Å². The highest BCUT2D eigenvalue weighted by atomic mass is 15.1. The lowest BCUT2D eigenvalue weighted by Crippen LogP contribution is -2.24. The third kappa shape index (κ3) is 5.81. The zero-order valence-corrected chi connectivity index (χ0v) is 37.0. The highest BCUT2D eigenvalue weighted by Gasteiger charge is 2.36. The summed E-state index contributed by atoms with van der Waals surface area (Å²) in [5.41, 5.74) is 18.5. The molecule has 1 unspecified atom stereocenters. The van der Waals surface area contributed by atoms with E-state index in [2.05, 4.69) is 260 Å². The molecule has 0 bridgehead atoms. The zero-order chi connectivity index (χ0) is 43.9. The quantitative estimate of drug-likeness (QED) is 0.148. The Balaban J connectivity index is 1.01. The summed E-state index contributed by atoms with van der Waals surface area (Å²) in [6.07, 6.45) is 0. The highest BCUT2D eigenvalue weighted by molar-refractivity contribution is 6.25. The molecule has 2 aliphatic carbocycles. The maximum Gasteiger partial charge on any atom is 0.0546 e. The largest absolute Gasteiger partial charge is 0.310 e. The summed E-state index contributed by atoms with van der Waals surface area (Å²) >= 11 is 0. The maximum absolute atomic E-state index is 2.49. The molecule has 11 aromatic carbocycles. The van der Waals surface area contributed by atoms with Crippen LogP contribution in [0.2, 0.25) is 0 Å². The van der Waals surface area contributed by atoms with Crippen molar-refractivity contribution in [1.29, 1.82) is 0 Å². The number of benzene rings is 11. The Morgan fingerprint density at radius 3 is 1.58 bits per heavy atom. The first-order chi connectivity index (χ1) is 32.5. The Morgan fingerprint density at radius 1 is 0.318 bits per heavy atom. The van der Waals surface area contributed by atoms with Gasteiger partial charge in [-0.05, 0) is 150 Å². The number of nitrogens with zero attached hydrogens (tertiary/aromatic N) is 2. The van der Waals surface area contributed by atoms with Crippen LogP contribution in [0.25, 0.3) is 54.6 Å². The standard InChI is InChI=1S/C64H46N2/c1-64(2)59-33-19-32-53-57-41-61(66(44-24-11-5-12-25-44)45-26-13-6-14-27-45)51-30-17-15-28-48(51)56(57)40-58(63(53)59)50-36-34-47(39-60(50)64)65(43-22-9-4-10-23-43)46-35-37-54-55(38-46)49-29-16-18-31-52(49)62(54)42-20-7-3-8-21-42/h3-41,62H,1-2H3. The van der Waals surface area contributed by atoms with Gasteiger partial charge in [0.2, 0.25) is 0 Å². The van der Waals surface area contributed by atoms with E-state index in [0.717, 1.165) is 28.4 Å². The molecule has 66 heavy (non-hydrogen) atoms. The van der Waals surface area contributed by atoms with Crippen molar-refractivity contribution in [3.05, 3.63) is 264 Å². The fraction of sp³-hybridized carbons (Fsp3) is 0.0625. The summed E-state index contributed by atoms with van der Waals surface area (Å²) in [6, 6.07) is 87.6. The fourth-order valence-corrected chi connectivity index (χ4v) is 11.5. The van der Waals surface area contributed by atoms with Gasteiger partial charge in [-0.15, -0.1) is 0 Å². The average molecular weight is 843 g/mol. The van der Waals surface area contributed by atoms with E-state index in [4.69, 9.17) is 0 Å². The van der Waals surface area contributed by atoms with Crippen molar-refractivity contribution in [2.45, 2.75) is 25.2 Å². The maximum atomic E-state index is 2.49. The molecule has 0 saturated heterocycles. The first kappa shape index (κ1) is 38.3. The minimum atomic E-state index is -0.284. The van der Waals surface area contributed by atoms with Crippen LogP contribution < -0.4 is 9.80 Å². The van der Waals surface area contributed by atoms with E-state index in [0.29, 0.717) is 0 Å². The summed E-state index contributed by atoms with van der Waals surface area (Å²) in [7, 11) is 0. The summed E-state index contributed by atoms with van der Waals surface area (Å²) in [5, 5.41) is 7.62. The number of rotatable bonds is 7. The Morgan fingerprint density at radius 2 is 0.864 bits per heavy atom. The molecule has 2 aliphatic rings. The van der Waals surface area contributed by atoms with Crippen LogP contribution in [-0.4, -0.2) is 0 Å². The molecule has 0 amide bonds. The molecule has 0 aliphatic heterocycles. The van der Waals surface area contributed by atoms with Crippen LogP contribution in [-0.2, 0) is 5.41 Å². The lowest BCUT2D eigenvalue weighted by atomic mass is 9.68. The molecule has 0 fully saturated rings. The SMILES string of the molecule is CC1(C)c2cc(N(c3ccccc3)c3ccc4c(c3)-c3ccccc3C4c3ccccc3)ccc2-c2cc3c4ccccc4c(N(c4ccccc4)c4ccccc4)cc3c3cccc1c23. The molecular weight excluding hydrogens is 797 g/mol. The smallest absolute Gasteiger partial charge is 0.0546 e. The van der Waals surface area contributed by atoms with Crippen LogP contribution in [0.3, 0.4) is 0 Å². The summed E-state index contributed by atoms with van der Waals surface area (Å²) in [4.78, 5) is 4.86. The number of fused-ring (bicyclic) bond motifs is 9. The molecule has 2 nitrogen and oxygen atoms in total. The van der Waals surface area contributed by atoms with Gasteiger partial charge in [0.25, 0.3) is 0 Å². The van der Waals surface area contributed by atoms with E-state index >= 15 is 0 Å². The average Bonchev–Trinajstić information content (AvgIpc) is 3.71. The first-order valence-electron chi connectivity index (χ1n) is 23.1. The normalized spacial score (nSPS) is 14.2. The third-order valence-electron chi connectivity index (χ3n) is 14.5. The molecule has 1 atom stereocenters. The van der Waals surface area contributed by atoms with Crippen LogP contribution >= 0.6 is 0 Å². The first-order valence-corrected chi connectivity index (χ1v) is 23.1. The van der Waals surface area contributed by atoms with Gasteiger partial charge in [-0.1, -0.05) is 178 Å². The van der Waals surface area contributed by atoms with E-state index in [1.807, 2.05) is 0 Å². The Kier molecular flexibility index (Phi) is 8.66. The highest BCUT2D eigenvalue weighted by Crippen LogP contribution is 2.55. The molecule has 0 N–H and O–H groups in total. The van der Waals surface area contributed by atoms with Gasteiger partial charge in [-0.2, -0.15) is 0 Å². The van der Waals surface area contributed by atoms with Crippen molar-refractivity contribution in [3.8, 4) is 22.3 Å². The van der Waals surface area contributed by atoms with Crippen molar-refractivity contribution >= 4 is 66.4 Å². The van der Waals surface area contributed by atoms with Gasteiger partial charge in [0.1, 0.15) is 0 Å². The molecule has 0 aromatic heterocycles. The molecule has 0 saturated carbocycles. The van der Waals surface area contributed by atoms with Crippen LogP contribution in [0.4, 0.5) is 34.1 Å². The van der Waals surface area contributed by atoms with Crippen molar-refractivity contribution in [1.82, 2.24) is 0 Å². The second-order valence-electron chi connectivity index (χ2n) is 18.4. The molecule has 0 heterocycles. The van der Waals surface area contributed by atoms with E-state index in [-0.39, 0.29) is 11.3 Å². The number of anilines is 6. The predicted molar refractivity (Wildman–Crippen MR) is 279 cm³/mol. The second kappa shape index (κ2) is 14.9. The van der Waals surface area contributed by atoms with Gasteiger partial charge in [0.15, 0.2) is 0 Å². The number of para-hydroxylation sites is 3. The fourth-order valence-electron chi connectivity index (χ4n) is 11.5. The van der Waals surface area contributed by atoms with Crippen molar-refractivity contribution in [2.24, 2.45) is 0 Å². The predicted octanol–water partition coefficient (Wildman–Crippen LogP) is 17.6. The van der Waals surface area contributed by atoms with Crippen molar-refractivity contribution in [2.75, 3.05) is 9.80 Å². The summed E-state index contributed by atoms with van der Waals surface area (Å²) in [6.45, 7) is 4.83. The van der Waals surface area contributed by atoms with E-state index in [9.17, 15) is 0 Å². The number of hydrogen-bond donors (Lipinski definition) is 0. The van der Waals surface area contributed by atoms with E-state index in [1.54, 1.807) is 0 Å². The van der Waals surface area contributed by atoms with E-state index in [1.165, 1.54) is 88.1 Å². The topological polar surface area (TPSA) is 6.48 Å². The molecule has 0 spiro atoms. The summed E-state index contributed by atoms with van der Waals surface area (Å²) in [5.74, 6) is 0.204. The Bertz CT molecular complexity index is 3630. The van der Waals surface area contributed by atoms with Crippen LogP contribution in [0.1, 0.15) is 47.6 Å². The zero-order valence-electron chi connectivity index (χ0n) is 37.0. The minimum Gasteiger partial charge on any atom is -0.310 e. The lowest BCUT2D eigenvalue weighted by molar-refractivity contribution is 0.645. The van der Waals surface area contributed by atoms with Gasteiger partial charge in [0.05, 0.1) is 5.69 Å². The molecular formula is C64H46N2. The Labute approximate surface area is 386 Å². The molecule has 13 rings (SSSR count). The van der Waals surface area contributed by atoms with Gasteiger partial charge in [-0.3, -0.25) is 0 Å². The molecule has 2 heteroatoms. The lowest BCUT2D eigenvalue weighted by Gasteiger charge is -2.37. The van der Waals surface area contributed by atoms with Crippen molar-refractivity contribution < 1.29 is 0 Å². The monoisotopic (exact) mass is 842 g/mol. The van der Waals surface area contributed by atoms with Crippen LogP contribution in [0.5, 0.6) is 0 Å². The Hall–Kier alpha value is -8.20. The van der Waals surface area contributed by atoms with Gasteiger partial charge in [-0.25, -0.2) is 0 Å². The minimum absolute atomic E-state index is 0.204. The van der Waals surface area contributed by atoms with Crippen molar-refractivity contribution in [3.63, 3.8) is 0 Å².